The number of alkyl halides is 3. The average molecular weight is 554 g/mol. The molecule has 0 amide bonds. The smallest absolute Gasteiger partial charge is 0.381 e. The van der Waals surface area contributed by atoms with E-state index in [2.05, 4.69) is 20.3 Å². The van der Waals surface area contributed by atoms with E-state index in [1.165, 1.54) is 18.3 Å². The van der Waals surface area contributed by atoms with Gasteiger partial charge in [0, 0.05) is 38.2 Å². The summed E-state index contributed by atoms with van der Waals surface area (Å²) in [5, 5.41) is 2.98. The Morgan fingerprint density at radius 3 is 2.60 bits per heavy atom. The minimum atomic E-state index is -4.43. The number of pyridine rings is 3. The minimum absolute atomic E-state index is 0.0502. The molecular weight excluding hydrogens is 526 g/mol. The summed E-state index contributed by atoms with van der Waals surface area (Å²) in [4.78, 5) is 17.9. The maximum absolute atomic E-state index is 15.4. The monoisotopic (exact) mass is 553 g/mol. The Morgan fingerprint density at radius 1 is 1.10 bits per heavy atom. The van der Waals surface area contributed by atoms with Crippen LogP contribution in [0.25, 0.3) is 33.2 Å². The second-order valence-corrected chi connectivity index (χ2v) is 10.1. The Bertz CT molecular complexity index is 1670. The van der Waals surface area contributed by atoms with Crippen molar-refractivity contribution in [3.63, 3.8) is 0 Å². The van der Waals surface area contributed by atoms with Crippen LogP contribution in [0.1, 0.15) is 30.3 Å². The number of halogens is 4. The number of hydrogen-bond donors (Lipinski definition) is 1. The zero-order valence-electron chi connectivity index (χ0n) is 21.9. The molecule has 1 unspecified atom stereocenters. The molecule has 5 aromatic heterocycles. The van der Waals surface area contributed by atoms with E-state index in [1.54, 1.807) is 24.9 Å². The van der Waals surface area contributed by atoms with E-state index in [-0.39, 0.29) is 17.3 Å². The lowest BCUT2D eigenvalue weighted by Gasteiger charge is -2.32. The maximum Gasteiger partial charge on any atom is 0.405 e. The van der Waals surface area contributed by atoms with E-state index in [0.717, 1.165) is 17.0 Å². The summed E-state index contributed by atoms with van der Waals surface area (Å²) in [6.45, 7) is 1.69. The van der Waals surface area contributed by atoms with Crippen molar-refractivity contribution in [3.8, 4) is 11.3 Å². The van der Waals surface area contributed by atoms with Gasteiger partial charge >= 0.3 is 6.18 Å². The summed E-state index contributed by atoms with van der Waals surface area (Å²) >= 11 is 0. The molecule has 208 valence electrons. The number of ether oxygens (including phenoxy) is 1. The lowest BCUT2D eigenvalue weighted by Crippen LogP contribution is -2.28. The first-order valence-corrected chi connectivity index (χ1v) is 13.0. The highest BCUT2D eigenvalue weighted by molar-refractivity contribution is 6.12. The largest absolute Gasteiger partial charge is 0.405 e. The van der Waals surface area contributed by atoms with Crippen molar-refractivity contribution in [3.05, 3.63) is 66.5 Å². The molecule has 1 saturated heterocycles. The molecule has 0 aromatic carbocycles. The van der Waals surface area contributed by atoms with Crippen molar-refractivity contribution in [2.45, 2.75) is 32.0 Å². The van der Waals surface area contributed by atoms with Gasteiger partial charge in [-0.2, -0.15) is 13.2 Å². The number of hydrogen-bond acceptors (Lipinski definition) is 6. The van der Waals surface area contributed by atoms with Crippen LogP contribution in [0.3, 0.4) is 0 Å². The van der Waals surface area contributed by atoms with E-state index < -0.39 is 24.6 Å². The van der Waals surface area contributed by atoms with Gasteiger partial charge in [-0.1, -0.05) is 0 Å². The first-order valence-electron chi connectivity index (χ1n) is 13.0. The number of fused-ring (bicyclic) bond motifs is 3. The van der Waals surface area contributed by atoms with Crippen molar-refractivity contribution >= 4 is 27.6 Å². The van der Waals surface area contributed by atoms with Gasteiger partial charge in [-0.15, -0.1) is 0 Å². The SMILES string of the molecule is Cc1ncn(C)c1-c1cnc2c3c(NCC(F)(F)F)cncc3n(C(c3ncccc3F)C3CCOCC3)c2c1. The molecule has 1 aliphatic rings. The number of aryl methyl sites for hydroxylation is 2. The lowest BCUT2D eigenvalue weighted by atomic mass is 9.88. The average Bonchev–Trinajstić information content (AvgIpc) is 3.45. The van der Waals surface area contributed by atoms with Gasteiger partial charge in [0.1, 0.15) is 12.4 Å². The number of imidazole rings is 1. The van der Waals surface area contributed by atoms with Crippen molar-refractivity contribution in [2.24, 2.45) is 13.0 Å². The van der Waals surface area contributed by atoms with Crippen LogP contribution in [0.2, 0.25) is 0 Å². The van der Waals surface area contributed by atoms with Crippen LogP contribution in [0.15, 0.2) is 49.3 Å². The molecule has 0 saturated carbocycles. The highest BCUT2D eigenvalue weighted by Gasteiger charge is 2.34. The first-order chi connectivity index (χ1) is 19.2. The summed E-state index contributed by atoms with van der Waals surface area (Å²) in [5.74, 6) is -0.509. The Kier molecular flexibility index (Phi) is 6.65. The van der Waals surface area contributed by atoms with Gasteiger partial charge in [0.05, 0.1) is 69.5 Å². The molecule has 6 rings (SSSR count). The normalized spacial score (nSPS) is 15.7. The van der Waals surface area contributed by atoms with Crippen LogP contribution < -0.4 is 5.32 Å². The minimum Gasteiger partial charge on any atom is -0.381 e. The number of aromatic nitrogens is 6. The molecule has 1 N–H and O–H groups in total. The van der Waals surface area contributed by atoms with Gasteiger partial charge < -0.3 is 19.2 Å². The predicted molar refractivity (Wildman–Crippen MR) is 142 cm³/mol. The standard InChI is InChI=1S/C28H27F4N7O/c1-16-26(38(2)15-37-16)18-10-21-25(35-11-18)23-20(36-14-28(30,31)32)12-33-13-22(23)39(21)27(17-5-8-40-9-6-17)24-19(29)4-3-7-34-24/h3-4,7,10-13,15,17,27,36H,5-6,8-9,14H2,1-2H3. The quantitative estimate of drug-likeness (QED) is 0.267. The van der Waals surface area contributed by atoms with E-state index in [9.17, 15) is 13.2 Å². The number of nitrogens with one attached hydrogen (secondary N) is 1. The molecule has 0 aliphatic carbocycles. The summed E-state index contributed by atoms with van der Waals surface area (Å²) in [7, 11) is 1.88. The summed E-state index contributed by atoms with van der Waals surface area (Å²) < 4.78 is 64.5. The Balaban J connectivity index is 1.67. The first kappa shape index (κ1) is 26.2. The molecule has 8 nitrogen and oxygen atoms in total. The number of rotatable bonds is 6. The number of anilines is 1. The third-order valence-electron chi connectivity index (χ3n) is 7.48. The molecule has 0 bridgehead atoms. The zero-order valence-corrected chi connectivity index (χ0v) is 21.9. The Morgan fingerprint density at radius 2 is 1.90 bits per heavy atom. The molecule has 1 aliphatic heterocycles. The van der Waals surface area contributed by atoms with Crippen LogP contribution in [0, 0.1) is 18.7 Å². The fraction of sp³-hybridized carbons (Fsp3) is 0.357. The Hall–Kier alpha value is -4.06. The van der Waals surface area contributed by atoms with Crippen molar-refractivity contribution in [1.82, 2.24) is 29.1 Å². The van der Waals surface area contributed by atoms with Gasteiger partial charge in [-0.3, -0.25) is 15.0 Å². The van der Waals surface area contributed by atoms with Gasteiger partial charge in [0.2, 0.25) is 0 Å². The molecule has 0 spiro atoms. The van der Waals surface area contributed by atoms with E-state index in [4.69, 9.17) is 9.72 Å². The second kappa shape index (κ2) is 10.2. The van der Waals surface area contributed by atoms with E-state index >= 15 is 4.39 Å². The third-order valence-corrected chi connectivity index (χ3v) is 7.48. The Labute approximate surface area is 227 Å². The highest BCUT2D eigenvalue weighted by Crippen LogP contribution is 2.43. The van der Waals surface area contributed by atoms with Crippen LogP contribution in [-0.4, -0.2) is 55.0 Å². The van der Waals surface area contributed by atoms with E-state index in [1.807, 2.05) is 29.2 Å². The summed E-state index contributed by atoms with van der Waals surface area (Å²) in [6, 6.07) is 4.28. The third kappa shape index (κ3) is 4.66. The summed E-state index contributed by atoms with van der Waals surface area (Å²) in [5.41, 5.74) is 4.54. The maximum atomic E-state index is 15.4. The molecule has 40 heavy (non-hydrogen) atoms. The molecule has 0 radical (unpaired) electrons. The highest BCUT2D eigenvalue weighted by atomic mass is 19.4. The fourth-order valence-electron chi connectivity index (χ4n) is 5.76. The van der Waals surface area contributed by atoms with Gasteiger partial charge in [0.15, 0.2) is 0 Å². The van der Waals surface area contributed by atoms with Crippen molar-refractivity contribution in [1.29, 1.82) is 0 Å². The molecule has 6 heterocycles. The van der Waals surface area contributed by atoms with Crippen molar-refractivity contribution in [2.75, 3.05) is 25.1 Å². The van der Waals surface area contributed by atoms with Crippen molar-refractivity contribution < 1.29 is 22.3 Å². The van der Waals surface area contributed by atoms with Gasteiger partial charge in [-0.05, 0) is 43.9 Å². The zero-order chi connectivity index (χ0) is 28.0. The predicted octanol–water partition coefficient (Wildman–Crippen LogP) is 5.82. The molecule has 1 fully saturated rings. The van der Waals surface area contributed by atoms with E-state index in [0.29, 0.717) is 48.0 Å². The van der Waals surface area contributed by atoms with Crippen LogP contribution in [0.5, 0.6) is 0 Å². The van der Waals surface area contributed by atoms with Crippen LogP contribution in [0.4, 0.5) is 23.2 Å². The lowest BCUT2D eigenvalue weighted by molar-refractivity contribution is -0.115. The second-order valence-electron chi connectivity index (χ2n) is 10.1. The molecule has 1 atom stereocenters. The van der Waals surface area contributed by atoms with Gasteiger partial charge in [-0.25, -0.2) is 9.37 Å². The van der Waals surface area contributed by atoms with Gasteiger partial charge in [0.25, 0.3) is 0 Å². The molecule has 5 aromatic rings. The summed E-state index contributed by atoms with van der Waals surface area (Å²) in [6.07, 6.45) is 4.80. The van der Waals surface area contributed by atoms with Crippen LogP contribution >= 0.6 is 0 Å². The molecule has 12 heteroatoms. The fourth-order valence-corrected chi connectivity index (χ4v) is 5.76. The van der Waals surface area contributed by atoms with Crippen LogP contribution in [-0.2, 0) is 11.8 Å². The topological polar surface area (TPSA) is 82.7 Å². The number of nitrogens with zero attached hydrogens (tertiary/aromatic N) is 6. The molecular formula is C28H27F4N7O.